The summed E-state index contributed by atoms with van der Waals surface area (Å²) in [6.45, 7) is 4.36. The number of likely N-dealkylation sites (N-methyl/N-ethyl adjacent to an activating group) is 1. The summed E-state index contributed by atoms with van der Waals surface area (Å²) in [5.41, 5.74) is 9.02. The van der Waals surface area contributed by atoms with Gasteiger partial charge < -0.3 is 15.4 Å². The van der Waals surface area contributed by atoms with Crippen LogP contribution in [0, 0.1) is 0 Å². The van der Waals surface area contributed by atoms with E-state index in [-0.39, 0.29) is 11.9 Å². The van der Waals surface area contributed by atoms with Gasteiger partial charge in [-0.1, -0.05) is 24.8 Å². The molecule has 3 heterocycles. The smallest absolute Gasteiger partial charge is 0.249 e. The number of nitrogens with two attached hydrogens (primary N) is 1. The van der Waals surface area contributed by atoms with Crippen LogP contribution in [0.4, 0.5) is 5.82 Å². The van der Waals surface area contributed by atoms with Crippen molar-refractivity contribution in [3.63, 3.8) is 0 Å². The van der Waals surface area contributed by atoms with Crippen LogP contribution in [-0.2, 0) is 11.3 Å². The molecule has 0 saturated carbocycles. The lowest BCUT2D eigenvalue weighted by Crippen LogP contribution is -2.32. The molecule has 0 spiro atoms. The van der Waals surface area contributed by atoms with E-state index < -0.39 is 0 Å². The van der Waals surface area contributed by atoms with Crippen LogP contribution in [0.3, 0.4) is 0 Å². The number of aromatic nitrogens is 4. The van der Waals surface area contributed by atoms with Crippen molar-refractivity contribution in [2.75, 3.05) is 12.8 Å². The Morgan fingerprint density at radius 2 is 1.81 bits per heavy atom. The van der Waals surface area contributed by atoms with Gasteiger partial charge in [-0.15, -0.1) is 0 Å². The van der Waals surface area contributed by atoms with Crippen LogP contribution in [0.2, 0.25) is 0 Å². The minimum atomic E-state index is -0.0382. The first-order chi connectivity index (χ1) is 15.5. The Labute approximate surface area is 185 Å². The molecule has 32 heavy (non-hydrogen) atoms. The van der Waals surface area contributed by atoms with E-state index in [9.17, 15) is 4.79 Å². The molecule has 8 nitrogen and oxygen atoms in total. The fourth-order valence-corrected chi connectivity index (χ4v) is 3.98. The monoisotopic (exact) mass is 426 g/mol. The maximum atomic E-state index is 12.2. The molecule has 1 amide bonds. The molecule has 160 valence electrons. The van der Waals surface area contributed by atoms with Gasteiger partial charge in [-0.25, -0.2) is 14.6 Å². The normalized spacial score (nSPS) is 16.2. The summed E-state index contributed by atoms with van der Waals surface area (Å²) in [4.78, 5) is 22.4. The van der Waals surface area contributed by atoms with Gasteiger partial charge in [-0.3, -0.25) is 4.79 Å². The summed E-state index contributed by atoms with van der Waals surface area (Å²) < 4.78 is 7.68. The van der Waals surface area contributed by atoms with Gasteiger partial charge in [0.05, 0.1) is 18.0 Å². The minimum absolute atomic E-state index is 0.0326. The predicted octanol–water partition coefficient (Wildman–Crippen LogP) is 3.65. The second-order valence-electron chi connectivity index (χ2n) is 7.81. The van der Waals surface area contributed by atoms with Crippen molar-refractivity contribution in [3.8, 4) is 22.8 Å². The van der Waals surface area contributed by atoms with E-state index >= 15 is 0 Å². The molecule has 5 rings (SSSR count). The number of hydrogen-bond acceptors (Lipinski definition) is 6. The number of nitrogen functional groups attached to an aromatic ring is 1. The molecular weight excluding hydrogens is 404 g/mol. The number of likely N-dealkylation sites (tertiary alicyclic amines) is 1. The van der Waals surface area contributed by atoms with Crippen LogP contribution < -0.4 is 10.5 Å². The molecule has 2 N–H and O–H groups in total. The lowest BCUT2D eigenvalue weighted by atomic mass is 10.1. The first kappa shape index (κ1) is 19.7. The maximum Gasteiger partial charge on any atom is 0.249 e. The SMILES string of the molecule is C=C1CC(Cn2nc(-c3ccc(Oc4ccccc4)cc3)c3c(N)ncnc32)N(C)C1=O. The van der Waals surface area contributed by atoms with Crippen molar-refractivity contribution >= 4 is 22.8 Å². The average molecular weight is 426 g/mol. The van der Waals surface area contributed by atoms with Crippen LogP contribution >= 0.6 is 0 Å². The molecule has 1 aliphatic rings. The van der Waals surface area contributed by atoms with Crippen molar-refractivity contribution in [3.05, 3.63) is 73.1 Å². The van der Waals surface area contributed by atoms with Crippen LogP contribution in [-0.4, -0.2) is 43.6 Å². The van der Waals surface area contributed by atoms with E-state index in [0.29, 0.717) is 41.1 Å². The molecule has 0 radical (unpaired) electrons. The van der Waals surface area contributed by atoms with E-state index in [2.05, 4.69) is 16.5 Å². The summed E-state index contributed by atoms with van der Waals surface area (Å²) in [6.07, 6.45) is 2.02. The number of para-hydroxylation sites is 1. The Hall–Kier alpha value is -4.20. The maximum absolute atomic E-state index is 12.2. The zero-order chi connectivity index (χ0) is 22.2. The average Bonchev–Trinajstić information content (AvgIpc) is 3.29. The highest BCUT2D eigenvalue weighted by atomic mass is 16.5. The van der Waals surface area contributed by atoms with Crippen LogP contribution in [0.25, 0.3) is 22.3 Å². The molecule has 1 aliphatic heterocycles. The van der Waals surface area contributed by atoms with Gasteiger partial charge in [-0.05, 0) is 42.8 Å². The van der Waals surface area contributed by atoms with Crippen molar-refractivity contribution < 1.29 is 9.53 Å². The topological polar surface area (TPSA) is 99.2 Å². The number of carbonyl (C=O) groups excluding carboxylic acids is 1. The predicted molar refractivity (Wildman–Crippen MR) is 122 cm³/mol. The highest BCUT2D eigenvalue weighted by Gasteiger charge is 2.32. The zero-order valence-electron chi connectivity index (χ0n) is 17.6. The zero-order valence-corrected chi connectivity index (χ0v) is 17.6. The van der Waals surface area contributed by atoms with Gasteiger partial charge in [0.25, 0.3) is 0 Å². The van der Waals surface area contributed by atoms with E-state index in [1.807, 2.05) is 54.6 Å². The Kier molecular flexibility index (Phi) is 4.82. The van der Waals surface area contributed by atoms with E-state index in [4.69, 9.17) is 15.6 Å². The number of rotatable bonds is 5. The molecule has 2 aromatic carbocycles. The Morgan fingerprint density at radius 3 is 2.50 bits per heavy atom. The number of ether oxygens (including phenoxy) is 1. The molecule has 0 bridgehead atoms. The number of anilines is 1. The number of amides is 1. The van der Waals surface area contributed by atoms with Crippen LogP contribution in [0.15, 0.2) is 73.1 Å². The fourth-order valence-electron chi connectivity index (χ4n) is 3.98. The van der Waals surface area contributed by atoms with E-state index in [1.165, 1.54) is 6.33 Å². The lowest BCUT2D eigenvalue weighted by Gasteiger charge is -2.19. The molecule has 0 aliphatic carbocycles. The first-order valence-electron chi connectivity index (χ1n) is 10.3. The molecule has 1 fully saturated rings. The Bertz CT molecular complexity index is 1310. The minimum Gasteiger partial charge on any atom is -0.457 e. The van der Waals surface area contributed by atoms with Gasteiger partial charge in [-0.2, -0.15) is 5.10 Å². The number of fused-ring (bicyclic) bond motifs is 1. The molecule has 1 saturated heterocycles. The third kappa shape index (κ3) is 3.45. The third-order valence-electron chi connectivity index (χ3n) is 5.70. The second kappa shape index (κ2) is 7.81. The van der Waals surface area contributed by atoms with Gasteiger partial charge in [0.2, 0.25) is 5.91 Å². The molecular formula is C24H22N6O2. The van der Waals surface area contributed by atoms with E-state index in [0.717, 1.165) is 17.1 Å². The van der Waals surface area contributed by atoms with Gasteiger partial charge in [0.15, 0.2) is 5.65 Å². The Balaban J connectivity index is 1.49. The van der Waals surface area contributed by atoms with Crippen LogP contribution in [0.1, 0.15) is 6.42 Å². The largest absolute Gasteiger partial charge is 0.457 e. The summed E-state index contributed by atoms with van der Waals surface area (Å²) in [6, 6.07) is 17.2. The van der Waals surface area contributed by atoms with Crippen molar-refractivity contribution in [1.29, 1.82) is 0 Å². The number of nitrogens with zero attached hydrogens (tertiary/aromatic N) is 5. The summed E-state index contributed by atoms with van der Waals surface area (Å²) >= 11 is 0. The standard InChI is InChI=1S/C24H22N6O2/c1-15-12-17(29(2)24(15)31)13-30-23-20(22(25)26-14-27-23)21(28-30)16-8-10-19(11-9-16)32-18-6-4-3-5-7-18/h3-11,14,17H,1,12-13H2,2H3,(H2,25,26,27). The van der Waals surface area contributed by atoms with Crippen molar-refractivity contribution in [2.24, 2.45) is 0 Å². The Morgan fingerprint density at radius 1 is 1.09 bits per heavy atom. The summed E-state index contributed by atoms with van der Waals surface area (Å²) in [5, 5.41) is 5.50. The molecule has 8 heteroatoms. The molecule has 4 aromatic rings. The van der Waals surface area contributed by atoms with Crippen molar-refractivity contribution in [2.45, 2.75) is 19.0 Å². The summed E-state index contributed by atoms with van der Waals surface area (Å²) in [5.74, 6) is 1.82. The number of hydrogen-bond donors (Lipinski definition) is 1. The van der Waals surface area contributed by atoms with Gasteiger partial charge in [0.1, 0.15) is 29.3 Å². The number of benzene rings is 2. The highest BCUT2D eigenvalue weighted by Crippen LogP contribution is 2.33. The fraction of sp³-hybridized carbons (Fsp3) is 0.167. The van der Waals surface area contributed by atoms with E-state index in [1.54, 1.807) is 16.6 Å². The lowest BCUT2D eigenvalue weighted by molar-refractivity contribution is -0.125. The van der Waals surface area contributed by atoms with Crippen molar-refractivity contribution in [1.82, 2.24) is 24.6 Å². The second-order valence-corrected chi connectivity index (χ2v) is 7.81. The van der Waals surface area contributed by atoms with Gasteiger partial charge >= 0.3 is 0 Å². The van der Waals surface area contributed by atoms with Gasteiger partial charge in [0, 0.05) is 18.2 Å². The van der Waals surface area contributed by atoms with Crippen LogP contribution in [0.5, 0.6) is 11.5 Å². The third-order valence-corrected chi connectivity index (χ3v) is 5.70. The first-order valence-corrected chi connectivity index (χ1v) is 10.3. The molecule has 1 atom stereocenters. The number of carbonyl (C=O) groups is 1. The quantitative estimate of drug-likeness (QED) is 0.489. The highest BCUT2D eigenvalue weighted by molar-refractivity contribution is 5.98. The summed E-state index contributed by atoms with van der Waals surface area (Å²) in [7, 11) is 1.78. The molecule has 2 aromatic heterocycles. The molecule has 1 unspecified atom stereocenters.